The molecule has 0 radical (unpaired) electrons. The van der Waals surface area contributed by atoms with Gasteiger partial charge < -0.3 is 5.73 Å². The van der Waals surface area contributed by atoms with Crippen LogP contribution in [0.15, 0.2) is 51.1 Å². The second-order valence-corrected chi connectivity index (χ2v) is 10.5. The van der Waals surface area contributed by atoms with Gasteiger partial charge in [0.1, 0.15) is 14.7 Å². The van der Waals surface area contributed by atoms with Crippen molar-refractivity contribution in [3.05, 3.63) is 36.4 Å². The number of anilines is 1. The van der Waals surface area contributed by atoms with Gasteiger partial charge in [-0.3, -0.25) is 13.7 Å². The van der Waals surface area contributed by atoms with E-state index in [4.69, 9.17) is 5.73 Å². The normalized spacial score (nSPS) is 13.2. The standard InChI is InChI=1S/C16H11NO9S3.H3P/c17-11-5-12(27(18,19)20)8-3-4-10-14(29(24,25)26)6-13(28(21,22)23)9-2-1-7(11)15(8)16(9)10;/h1-6H,17H2,(H,18,19,20)(H,21,22,23)(H,24,25,26);1H3. The van der Waals surface area contributed by atoms with Crippen LogP contribution in [0.3, 0.4) is 0 Å². The highest BCUT2D eigenvalue weighted by Crippen LogP contribution is 2.43. The molecule has 0 spiro atoms. The van der Waals surface area contributed by atoms with E-state index in [0.29, 0.717) is 6.07 Å². The van der Waals surface area contributed by atoms with Crippen LogP contribution in [0.25, 0.3) is 32.3 Å². The molecule has 160 valence electrons. The minimum Gasteiger partial charge on any atom is -0.398 e. The van der Waals surface area contributed by atoms with Gasteiger partial charge in [0.2, 0.25) is 0 Å². The fourth-order valence-electron chi connectivity index (χ4n) is 3.56. The molecule has 0 aliphatic heterocycles. The summed E-state index contributed by atoms with van der Waals surface area (Å²) >= 11 is 0. The van der Waals surface area contributed by atoms with E-state index in [-0.39, 0.29) is 47.9 Å². The van der Waals surface area contributed by atoms with Crippen molar-refractivity contribution < 1.29 is 38.9 Å². The monoisotopic (exact) mass is 491 g/mol. The number of nitrogen functional groups attached to an aromatic ring is 1. The van der Waals surface area contributed by atoms with Crippen LogP contribution in [0, 0.1) is 0 Å². The molecule has 4 aromatic rings. The number of hydrogen-bond acceptors (Lipinski definition) is 7. The van der Waals surface area contributed by atoms with Crippen LogP contribution in [0.2, 0.25) is 0 Å². The zero-order chi connectivity index (χ0) is 21.5. The van der Waals surface area contributed by atoms with Crippen molar-refractivity contribution in [2.75, 3.05) is 5.73 Å². The van der Waals surface area contributed by atoms with Crippen molar-refractivity contribution in [3.8, 4) is 0 Å². The molecule has 0 bridgehead atoms. The van der Waals surface area contributed by atoms with E-state index in [1.807, 2.05) is 0 Å². The van der Waals surface area contributed by atoms with Crippen molar-refractivity contribution in [1.29, 1.82) is 0 Å². The van der Waals surface area contributed by atoms with Gasteiger partial charge in [-0.25, -0.2) is 0 Å². The highest BCUT2D eigenvalue weighted by atomic mass is 32.2. The molecular formula is C16H14NO9PS3. The van der Waals surface area contributed by atoms with E-state index in [1.165, 1.54) is 18.2 Å². The van der Waals surface area contributed by atoms with Gasteiger partial charge in [-0.1, -0.05) is 24.3 Å². The van der Waals surface area contributed by atoms with Crippen molar-refractivity contribution in [1.82, 2.24) is 0 Å². The first-order valence-electron chi connectivity index (χ1n) is 7.67. The highest BCUT2D eigenvalue weighted by molar-refractivity contribution is 7.87. The molecule has 30 heavy (non-hydrogen) atoms. The third-order valence-electron chi connectivity index (χ3n) is 4.65. The fraction of sp³-hybridized carbons (Fsp3) is 0. The zero-order valence-corrected chi connectivity index (χ0v) is 18.6. The minimum absolute atomic E-state index is 0. The Kier molecular flexibility index (Phi) is 5.03. The number of hydrogen-bond donors (Lipinski definition) is 4. The fourth-order valence-corrected chi connectivity index (χ4v) is 5.79. The van der Waals surface area contributed by atoms with Crippen LogP contribution >= 0.6 is 9.90 Å². The molecule has 4 aromatic carbocycles. The molecule has 14 heteroatoms. The summed E-state index contributed by atoms with van der Waals surface area (Å²) in [6.07, 6.45) is 0. The van der Waals surface area contributed by atoms with Gasteiger partial charge in [0.05, 0.1) is 0 Å². The maximum atomic E-state index is 11.9. The van der Waals surface area contributed by atoms with Crippen molar-refractivity contribution >= 4 is 78.3 Å². The van der Waals surface area contributed by atoms with E-state index in [0.717, 1.165) is 12.1 Å². The smallest absolute Gasteiger partial charge is 0.295 e. The van der Waals surface area contributed by atoms with Crippen molar-refractivity contribution in [2.45, 2.75) is 14.7 Å². The van der Waals surface area contributed by atoms with Gasteiger partial charge in [-0.05, 0) is 12.1 Å². The van der Waals surface area contributed by atoms with Crippen LogP contribution in [0.5, 0.6) is 0 Å². The maximum absolute atomic E-state index is 11.9. The summed E-state index contributed by atoms with van der Waals surface area (Å²) in [6, 6.07) is 6.63. The van der Waals surface area contributed by atoms with Gasteiger partial charge in [0.15, 0.2) is 0 Å². The van der Waals surface area contributed by atoms with Crippen molar-refractivity contribution in [2.24, 2.45) is 0 Å². The largest absolute Gasteiger partial charge is 0.398 e. The Hall–Kier alpha value is -2.12. The van der Waals surface area contributed by atoms with Gasteiger partial charge in [0, 0.05) is 38.0 Å². The average Bonchev–Trinajstić information content (AvgIpc) is 2.57. The second kappa shape index (κ2) is 6.69. The summed E-state index contributed by atoms with van der Waals surface area (Å²) in [5.41, 5.74) is 5.82. The van der Waals surface area contributed by atoms with E-state index in [9.17, 15) is 38.9 Å². The highest BCUT2D eigenvalue weighted by Gasteiger charge is 2.27. The quantitative estimate of drug-likeness (QED) is 0.143. The van der Waals surface area contributed by atoms with E-state index >= 15 is 0 Å². The van der Waals surface area contributed by atoms with Crippen LogP contribution < -0.4 is 5.73 Å². The Morgan fingerprint density at radius 3 is 1.23 bits per heavy atom. The molecule has 1 atom stereocenters. The summed E-state index contributed by atoms with van der Waals surface area (Å²) in [7, 11) is -14.6. The van der Waals surface area contributed by atoms with Gasteiger partial charge in [-0.2, -0.15) is 35.2 Å². The molecule has 1 unspecified atom stereocenters. The first-order chi connectivity index (χ1) is 13.2. The van der Waals surface area contributed by atoms with E-state index in [2.05, 4.69) is 0 Å². The lowest BCUT2D eigenvalue weighted by molar-refractivity contribution is 0.480. The Morgan fingerprint density at radius 2 is 0.867 bits per heavy atom. The Labute approximate surface area is 173 Å². The lowest BCUT2D eigenvalue weighted by Gasteiger charge is -2.17. The van der Waals surface area contributed by atoms with Gasteiger partial charge in [0.25, 0.3) is 30.4 Å². The molecule has 0 heterocycles. The SMILES string of the molecule is Nc1cc(S(=O)(=O)O)c2ccc3c(S(=O)(=O)O)cc(S(=O)(=O)O)c4ccc1c2c43.P. The third-order valence-corrected chi connectivity index (χ3v) is 7.33. The first kappa shape index (κ1) is 22.6. The Morgan fingerprint density at radius 1 is 0.567 bits per heavy atom. The molecular weight excluding hydrogens is 477 g/mol. The van der Waals surface area contributed by atoms with Gasteiger partial charge in [-0.15, -0.1) is 0 Å². The molecule has 0 saturated carbocycles. The first-order valence-corrected chi connectivity index (χ1v) is 12.0. The van der Waals surface area contributed by atoms with Gasteiger partial charge >= 0.3 is 0 Å². The number of rotatable bonds is 3. The maximum Gasteiger partial charge on any atom is 0.295 e. The predicted octanol–water partition coefficient (Wildman–Crippen LogP) is 1.96. The molecule has 10 nitrogen and oxygen atoms in total. The van der Waals surface area contributed by atoms with E-state index < -0.39 is 45.0 Å². The lowest BCUT2D eigenvalue weighted by atomic mass is 9.93. The molecule has 0 aliphatic rings. The van der Waals surface area contributed by atoms with Crippen LogP contribution in [-0.2, 0) is 30.4 Å². The summed E-state index contributed by atoms with van der Waals surface area (Å²) in [5, 5.41) is -0.0781. The molecule has 0 aromatic heterocycles. The molecule has 0 aliphatic carbocycles. The molecule has 4 rings (SSSR count). The second-order valence-electron chi connectivity index (χ2n) is 6.33. The summed E-state index contributed by atoms with van der Waals surface area (Å²) in [6.45, 7) is 0. The van der Waals surface area contributed by atoms with Crippen LogP contribution in [0.1, 0.15) is 0 Å². The molecule has 5 N–H and O–H groups in total. The summed E-state index contributed by atoms with van der Waals surface area (Å²) in [5.74, 6) is 0. The lowest BCUT2D eigenvalue weighted by Crippen LogP contribution is -2.07. The van der Waals surface area contributed by atoms with Crippen LogP contribution in [0.4, 0.5) is 5.69 Å². The Bertz CT molecular complexity index is 1630. The number of benzene rings is 4. The minimum atomic E-state index is -4.93. The number of nitrogens with two attached hydrogens (primary N) is 1. The third kappa shape index (κ3) is 3.28. The predicted molar refractivity (Wildman–Crippen MR) is 115 cm³/mol. The van der Waals surface area contributed by atoms with Crippen molar-refractivity contribution in [3.63, 3.8) is 0 Å². The van der Waals surface area contributed by atoms with Crippen LogP contribution in [-0.4, -0.2) is 38.9 Å². The average molecular weight is 491 g/mol. The zero-order valence-electron chi connectivity index (χ0n) is 14.8. The van der Waals surface area contributed by atoms with E-state index in [1.54, 1.807) is 0 Å². The molecule has 0 fully saturated rings. The topological polar surface area (TPSA) is 189 Å². The molecule has 0 amide bonds. The summed E-state index contributed by atoms with van der Waals surface area (Å²) < 4.78 is 99.8. The Balaban J connectivity index is 0.00000256. The summed E-state index contributed by atoms with van der Waals surface area (Å²) in [4.78, 5) is -2.17. The molecule has 0 saturated heterocycles.